The molecule has 32 heavy (non-hydrogen) atoms. The molecule has 0 fully saturated rings. The number of hydrogen-bond donors (Lipinski definition) is 1. The first-order valence-electron chi connectivity index (χ1n) is 10.2. The van der Waals surface area contributed by atoms with Gasteiger partial charge < -0.3 is 19.3 Å². The summed E-state index contributed by atoms with van der Waals surface area (Å²) in [6.07, 6.45) is 1.09. The quantitative estimate of drug-likeness (QED) is 0.425. The van der Waals surface area contributed by atoms with Crippen molar-refractivity contribution in [2.45, 2.75) is 12.8 Å². The van der Waals surface area contributed by atoms with E-state index in [1.54, 1.807) is 26.4 Å². The Balaban J connectivity index is 1.46. The Morgan fingerprint density at radius 1 is 0.906 bits per heavy atom. The summed E-state index contributed by atoms with van der Waals surface area (Å²) in [5.74, 6) is 1.93. The van der Waals surface area contributed by atoms with Crippen molar-refractivity contribution in [3.8, 4) is 34.3 Å². The molecular weight excluding hydrogens is 406 g/mol. The SMILES string of the molecule is COc1ccc(-c2nc(-c3cccc(NC(=O)CCc4ccccc4)c3)no2)cc1OC. The number of aryl methyl sites for hydroxylation is 1. The minimum Gasteiger partial charge on any atom is -0.493 e. The maximum absolute atomic E-state index is 12.4. The van der Waals surface area contributed by atoms with Gasteiger partial charge in [0.1, 0.15) is 0 Å². The summed E-state index contributed by atoms with van der Waals surface area (Å²) in [7, 11) is 3.15. The Morgan fingerprint density at radius 2 is 1.72 bits per heavy atom. The summed E-state index contributed by atoms with van der Waals surface area (Å²) in [6.45, 7) is 0. The van der Waals surface area contributed by atoms with Crippen LogP contribution in [0.25, 0.3) is 22.8 Å². The highest BCUT2D eigenvalue weighted by Gasteiger charge is 2.14. The van der Waals surface area contributed by atoms with Gasteiger partial charge >= 0.3 is 0 Å². The molecule has 0 aliphatic rings. The molecule has 1 heterocycles. The molecule has 3 aromatic carbocycles. The topological polar surface area (TPSA) is 86.5 Å². The summed E-state index contributed by atoms with van der Waals surface area (Å²) in [5, 5.41) is 7.02. The third kappa shape index (κ3) is 4.95. The van der Waals surface area contributed by atoms with Crippen LogP contribution < -0.4 is 14.8 Å². The van der Waals surface area contributed by atoms with E-state index < -0.39 is 0 Å². The Bertz CT molecular complexity index is 1200. The van der Waals surface area contributed by atoms with Crippen molar-refractivity contribution in [1.29, 1.82) is 0 Å². The molecule has 1 aromatic heterocycles. The molecule has 4 aromatic rings. The van der Waals surface area contributed by atoms with Gasteiger partial charge in [0.15, 0.2) is 11.5 Å². The van der Waals surface area contributed by atoms with Crippen molar-refractivity contribution in [2.24, 2.45) is 0 Å². The fourth-order valence-corrected chi connectivity index (χ4v) is 3.29. The van der Waals surface area contributed by atoms with E-state index >= 15 is 0 Å². The maximum atomic E-state index is 12.4. The van der Waals surface area contributed by atoms with Crippen LogP contribution in [0.2, 0.25) is 0 Å². The van der Waals surface area contributed by atoms with E-state index in [1.807, 2.05) is 60.7 Å². The van der Waals surface area contributed by atoms with E-state index in [-0.39, 0.29) is 5.91 Å². The molecule has 0 bridgehead atoms. The molecule has 1 amide bonds. The molecular formula is C25H23N3O4. The van der Waals surface area contributed by atoms with E-state index in [1.165, 1.54) is 0 Å². The fourth-order valence-electron chi connectivity index (χ4n) is 3.29. The van der Waals surface area contributed by atoms with Crippen molar-refractivity contribution >= 4 is 11.6 Å². The zero-order chi connectivity index (χ0) is 22.3. The number of methoxy groups -OCH3 is 2. The predicted octanol–water partition coefficient (Wildman–Crippen LogP) is 4.99. The first-order valence-corrected chi connectivity index (χ1v) is 10.2. The minimum atomic E-state index is -0.0508. The first-order chi connectivity index (χ1) is 15.7. The van der Waals surface area contributed by atoms with Crippen LogP contribution in [-0.2, 0) is 11.2 Å². The number of nitrogens with one attached hydrogen (secondary N) is 1. The zero-order valence-electron chi connectivity index (χ0n) is 17.9. The number of rotatable bonds is 8. The standard InChI is InChI=1S/C25H23N3O4/c1-30-21-13-12-19(16-22(21)31-2)25-27-24(28-32-25)18-9-6-10-20(15-18)26-23(29)14-11-17-7-4-3-5-8-17/h3-10,12-13,15-16H,11,14H2,1-2H3,(H,26,29). The van der Waals surface area contributed by atoms with Crippen LogP contribution in [0, 0.1) is 0 Å². The normalized spacial score (nSPS) is 10.6. The molecule has 0 spiro atoms. The van der Waals surface area contributed by atoms with Gasteiger partial charge in [-0.15, -0.1) is 0 Å². The molecule has 0 unspecified atom stereocenters. The molecule has 0 saturated heterocycles. The van der Waals surface area contributed by atoms with E-state index in [2.05, 4.69) is 15.5 Å². The van der Waals surface area contributed by atoms with Gasteiger partial charge in [-0.3, -0.25) is 4.79 Å². The van der Waals surface area contributed by atoms with Crippen LogP contribution in [0.3, 0.4) is 0 Å². The number of nitrogens with zero attached hydrogens (tertiary/aromatic N) is 2. The third-order valence-electron chi connectivity index (χ3n) is 4.94. The number of benzene rings is 3. The van der Waals surface area contributed by atoms with Crippen LogP contribution in [0.1, 0.15) is 12.0 Å². The number of ether oxygens (including phenoxy) is 2. The smallest absolute Gasteiger partial charge is 0.258 e. The molecule has 0 radical (unpaired) electrons. The molecule has 4 rings (SSSR count). The van der Waals surface area contributed by atoms with Gasteiger partial charge in [-0.25, -0.2) is 0 Å². The maximum Gasteiger partial charge on any atom is 0.258 e. The Kier molecular flexibility index (Phi) is 6.46. The molecule has 162 valence electrons. The first kappa shape index (κ1) is 21.1. The van der Waals surface area contributed by atoms with Crippen LogP contribution >= 0.6 is 0 Å². The monoisotopic (exact) mass is 429 g/mol. The van der Waals surface area contributed by atoms with Gasteiger partial charge in [-0.1, -0.05) is 47.6 Å². The average Bonchev–Trinajstić information content (AvgIpc) is 3.33. The number of anilines is 1. The number of carbonyl (C=O) groups is 1. The lowest BCUT2D eigenvalue weighted by Crippen LogP contribution is -2.12. The van der Waals surface area contributed by atoms with E-state index in [0.29, 0.717) is 47.3 Å². The number of carbonyl (C=O) groups excluding carboxylic acids is 1. The van der Waals surface area contributed by atoms with Gasteiger partial charge in [-0.05, 0) is 42.3 Å². The molecule has 0 aliphatic carbocycles. The summed E-state index contributed by atoms with van der Waals surface area (Å²) in [5.41, 5.74) is 3.26. The number of amides is 1. The van der Waals surface area contributed by atoms with Gasteiger partial charge in [0.05, 0.1) is 14.2 Å². The summed E-state index contributed by atoms with van der Waals surface area (Å²) in [4.78, 5) is 16.8. The second-order valence-electron chi connectivity index (χ2n) is 7.11. The second-order valence-corrected chi connectivity index (χ2v) is 7.11. The average molecular weight is 429 g/mol. The summed E-state index contributed by atoms with van der Waals surface area (Å²) < 4.78 is 16.0. The van der Waals surface area contributed by atoms with Crippen molar-refractivity contribution in [2.75, 3.05) is 19.5 Å². The van der Waals surface area contributed by atoms with Gasteiger partial charge in [0.25, 0.3) is 5.89 Å². The van der Waals surface area contributed by atoms with Crippen molar-refractivity contribution in [3.05, 3.63) is 78.4 Å². The van der Waals surface area contributed by atoms with Gasteiger partial charge in [0, 0.05) is 23.2 Å². The molecule has 1 N–H and O–H groups in total. The molecule has 7 heteroatoms. The Morgan fingerprint density at radius 3 is 2.50 bits per heavy atom. The predicted molar refractivity (Wildman–Crippen MR) is 122 cm³/mol. The van der Waals surface area contributed by atoms with Crippen LogP contribution in [0.4, 0.5) is 5.69 Å². The van der Waals surface area contributed by atoms with Crippen molar-refractivity contribution in [3.63, 3.8) is 0 Å². The lowest BCUT2D eigenvalue weighted by molar-refractivity contribution is -0.116. The highest BCUT2D eigenvalue weighted by Crippen LogP contribution is 2.32. The van der Waals surface area contributed by atoms with E-state index in [0.717, 1.165) is 11.1 Å². The lowest BCUT2D eigenvalue weighted by atomic mass is 10.1. The molecule has 0 atom stereocenters. The molecule has 0 saturated carbocycles. The summed E-state index contributed by atoms with van der Waals surface area (Å²) >= 11 is 0. The second kappa shape index (κ2) is 9.78. The molecule has 7 nitrogen and oxygen atoms in total. The van der Waals surface area contributed by atoms with Crippen molar-refractivity contribution in [1.82, 2.24) is 10.1 Å². The minimum absolute atomic E-state index is 0.0508. The highest BCUT2D eigenvalue weighted by atomic mass is 16.5. The molecule has 0 aliphatic heterocycles. The lowest BCUT2D eigenvalue weighted by Gasteiger charge is -2.07. The van der Waals surface area contributed by atoms with Crippen LogP contribution in [-0.4, -0.2) is 30.3 Å². The third-order valence-corrected chi connectivity index (χ3v) is 4.94. The summed E-state index contributed by atoms with van der Waals surface area (Å²) in [6, 6.07) is 22.7. The van der Waals surface area contributed by atoms with Gasteiger partial charge in [0.2, 0.25) is 11.7 Å². The van der Waals surface area contributed by atoms with E-state index in [4.69, 9.17) is 14.0 Å². The van der Waals surface area contributed by atoms with Crippen LogP contribution in [0.5, 0.6) is 11.5 Å². The number of hydrogen-bond acceptors (Lipinski definition) is 6. The Hall–Kier alpha value is -4.13. The van der Waals surface area contributed by atoms with Gasteiger partial charge in [-0.2, -0.15) is 4.98 Å². The van der Waals surface area contributed by atoms with Crippen molar-refractivity contribution < 1.29 is 18.8 Å². The zero-order valence-corrected chi connectivity index (χ0v) is 17.9. The Labute approximate surface area is 186 Å². The van der Waals surface area contributed by atoms with E-state index in [9.17, 15) is 4.79 Å². The van der Waals surface area contributed by atoms with Crippen LogP contribution in [0.15, 0.2) is 77.3 Å². The fraction of sp³-hybridized carbons (Fsp3) is 0.160. The number of aromatic nitrogens is 2. The highest BCUT2D eigenvalue weighted by molar-refractivity contribution is 5.91. The largest absolute Gasteiger partial charge is 0.493 e.